The Balaban J connectivity index is 0.000000411. The Hall–Kier alpha value is -1.41. The molecule has 0 atom stereocenters. The minimum absolute atomic E-state index is 0.908. The van der Waals surface area contributed by atoms with Crippen molar-refractivity contribution in [2.24, 2.45) is 0 Å². The summed E-state index contributed by atoms with van der Waals surface area (Å²) in [6, 6.07) is 0. The molecular weight excluding hydrogens is 258 g/mol. The minimum atomic E-state index is -1.82. The summed E-state index contributed by atoms with van der Waals surface area (Å²) in [5.41, 5.74) is 0. The first-order valence-corrected chi connectivity index (χ1v) is 5.96. The van der Waals surface area contributed by atoms with Crippen molar-refractivity contribution in [3.8, 4) is 0 Å². The van der Waals surface area contributed by atoms with Crippen molar-refractivity contribution in [2.75, 3.05) is 39.8 Å². The van der Waals surface area contributed by atoms with Gasteiger partial charge in [-0.1, -0.05) is 0 Å². The van der Waals surface area contributed by atoms with E-state index in [1.807, 2.05) is 0 Å². The first kappa shape index (κ1) is 16.6. The van der Waals surface area contributed by atoms with Gasteiger partial charge in [-0.25, -0.2) is 9.59 Å². The molecule has 0 saturated carbocycles. The lowest BCUT2D eigenvalue weighted by Gasteiger charge is -2.34. The molecule has 1 rings (SSSR count). The number of carboxylic acid groups (broad SMARTS) is 2. The minimum Gasteiger partial charge on any atom is -0.473 e. The fraction of sp³-hybridized carbons (Fsp3) is 0.700. The van der Waals surface area contributed by atoms with Crippen molar-refractivity contribution in [3.05, 3.63) is 0 Å². The second-order valence-corrected chi connectivity index (χ2v) is 4.12. The van der Waals surface area contributed by atoms with Gasteiger partial charge in [-0.05, 0) is 26.2 Å². The van der Waals surface area contributed by atoms with Crippen LogP contribution in [0.5, 0.6) is 0 Å². The molecule has 0 aromatic rings. The number of hydrogen-bond donors (Lipinski definition) is 3. The SMILES string of the molecule is CCNC(=S)N1CCN(C)CC1.O=C(O)C(=O)O. The van der Waals surface area contributed by atoms with Crippen molar-refractivity contribution in [2.45, 2.75) is 6.92 Å². The highest BCUT2D eigenvalue weighted by Gasteiger charge is 2.14. The summed E-state index contributed by atoms with van der Waals surface area (Å²) in [7, 11) is 2.15. The number of thiocarbonyl (C=S) groups is 1. The summed E-state index contributed by atoms with van der Waals surface area (Å²) >= 11 is 5.21. The fourth-order valence-electron chi connectivity index (χ4n) is 1.27. The van der Waals surface area contributed by atoms with Crippen LogP contribution < -0.4 is 5.32 Å². The van der Waals surface area contributed by atoms with Crippen LogP contribution in [0, 0.1) is 0 Å². The Morgan fingerprint density at radius 3 is 1.94 bits per heavy atom. The van der Waals surface area contributed by atoms with E-state index >= 15 is 0 Å². The van der Waals surface area contributed by atoms with Gasteiger partial charge in [0.1, 0.15) is 0 Å². The van der Waals surface area contributed by atoms with E-state index in [4.69, 9.17) is 32.0 Å². The van der Waals surface area contributed by atoms with E-state index in [-0.39, 0.29) is 0 Å². The molecule has 7 nitrogen and oxygen atoms in total. The Kier molecular flexibility index (Phi) is 7.97. The van der Waals surface area contributed by atoms with Gasteiger partial charge in [0.25, 0.3) is 0 Å². The predicted octanol–water partition coefficient (Wildman–Crippen LogP) is -0.716. The molecule has 0 aliphatic carbocycles. The van der Waals surface area contributed by atoms with Gasteiger partial charge in [-0.3, -0.25) is 0 Å². The number of aliphatic carboxylic acids is 2. The molecule has 104 valence electrons. The standard InChI is InChI=1S/C8H17N3S.C2H2O4/c1-3-9-8(12)11-6-4-10(2)5-7-11;3-1(4)2(5)6/h3-7H2,1-2H3,(H,9,12);(H,3,4)(H,5,6). The van der Waals surface area contributed by atoms with Crippen molar-refractivity contribution in [1.82, 2.24) is 15.1 Å². The highest BCUT2D eigenvalue weighted by atomic mass is 32.1. The van der Waals surface area contributed by atoms with Gasteiger partial charge in [0, 0.05) is 32.7 Å². The van der Waals surface area contributed by atoms with Crippen LogP contribution in [0.2, 0.25) is 0 Å². The number of hydrogen-bond acceptors (Lipinski definition) is 4. The van der Waals surface area contributed by atoms with Crippen LogP contribution in [-0.2, 0) is 9.59 Å². The number of nitrogens with one attached hydrogen (secondary N) is 1. The summed E-state index contributed by atoms with van der Waals surface area (Å²) in [5.74, 6) is -3.65. The van der Waals surface area contributed by atoms with Crippen LogP contribution in [-0.4, -0.2) is 76.8 Å². The third-order valence-electron chi connectivity index (χ3n) is 2.30. The van der Waals surface area contributed by atoms with Gasteiger partial charge < -0.3 is 25.3 Å². The van der Waals surface area contributed by atoms with Crippen LogP contribution in [0.3, 0.4) is 0 Å². The topological polar surface area (TPSA) is 93.1 Å². The summed E-state index contributed by atoms with van der Waals surface area (Å²) in [6.45, 7) is 7.34. The highest BCUT2D eigenvalue weighted by molar-refractivity contribution is 7.80. The van der Waals surface area contributed by atoms with Gasteiger partial charge in [-0.15, -0.1) is 0 Å². The number of likely N-dealkylation sites (N-methyl/N-ethyl adjacent to an activating group) is 1. The monoisotopic (exact) mass is 277 g/mol. The van der Waals surface area contributed by atoms with Crippen LogP contribution in [0.15, 0.2) is 0 Å². The van der Waals surface area contributed by atoms with Crippen LogP contribution in [0.1, 0.15) is 6.92 Å². The molecule has 0 aromatic carbocycles. The zero-order chi connectivity index (χ0) is 14.1. The van der Waals surface area contributed by atoms with E-state index in [9.17, 15) is 0 Å². The van der Waals surface area contributed by atoms with Crippen LogP contribution in [0.25, 0.3) is 0 Å². The van der Waals surface area contributed by atoms with E-state index in [0.717, 1.165) is 37.8 Å². The lowest BCUT2D eigenvalue weighted by molar-refractivity contribution is -0.159. The Morgan fingerprint density at radius 2 is 1.61 bits per heavy atom. The number of carboxylic acids is 2. The first-order valence-electron chi connectivity index (χ1n) is 5.56. The fourth-order valence-corrected chi connectivity index (χ4v) is 1.60. The molecular formula is C10H19N3O4S. The van der Waals surface area contributed by atoms with E-state index in [2.05, 4.69) is 29.1 Å². The second kappa shape index (κ2) is 8.65. The van der Waals surface area contributed by atoms with Crippen LogP contribution in [0.4, 0.5) is 0 Å². The van der Waals surface area contributed by atoms with Crippen molar-refractivity contribution in [3.63, 3.8) is 0 Å². The number of nitrogens with zero attached hydrogens (tertiary/aromatic N) is 2. The maximum Gasteiger partial charge on any atom is 0.414 e. The van der Waals surface area contributed by atoms with Gasteiger partial charge in [0.05, 0.1) is 0 Å². The van der Waals surface area contributed by atoms with Gasteiger partial charge in [0.2, 0.25) is 0 Å². The predicted molar refractivity (Wildman–Crippen MR) is 70.6 cm³/mol. The lowest BCUT2D eigenvalue weighted by atomic mass is 10.3. The molecule has 0 spiro atoms. The number of rotatable bonds is 1. The second-order valence-electron chi connectivity index (χ2n) is 3.74. The molecule has 0 unspecified atom stereocenters. The molecule has 18 heavy (non-hydrogen) atoms. The van der Waals surface area contributed by atoms with E-state index in [1.54, 1.807) is 0 Å². The maximum atomic E-state index is 9.10. The van der Waals surface area contributed by atoms with Gasteiger partial charge in [-0.2, -0.15) is 0 Å². The summed E-state index contributed by atoms with van der Waals surface area (Å²) in [6.07, 6.45) is 0. The maximum absolute atomic E-state index is 9.10. The van der Waals surface area contributed by atoms with E-state index in [1.165, 1.54) is 0 Å². The lowest BCUT2D eigenvalue weighted by Crippen LogP contribution is -2.50. The molecule has 1 fully saturated rings. The molecule has 1 saturated heterocycles. The molecule has 8 heteroatoms. The Bertz CT molecular complexity index is 291. The summed E-state index contributed by atoms with van der Waals surface area (Å²) in [5, 5.41) is 18.9. The zero-order valence-corrected chi connectivity index (χ0v) is 11.4. The van der Waals surface area contributed by atoms with E-state index < -0.39 is 11.9 Å². The molecule has 1 aliphatic rings. The van der Waals surface area contributed by atoms with Crippen LogP contribution >= 0.6 is 12.2 Å². The van der Waals surface area contributed by atoms with Crippen molar-refractivity contribution in [1.29, 1.82) is 0 Å². The third kappa shape index (κ3) is 7.02. The molecule has 0 bridgehead atoms. The normalized spacial score (nSPS) is 15.3. The molecule has 0 aromatic heterocycles. The molecule has 0 amide bonds. The summed E-state index contributed by atoms with van der Waals surface area (Å²) in [4.78, 5) is 22.8. The zero-order valence-electron chi connectivity index (χ0n) is 10.5. The molecule has 3 N–H and O–H groups in total. The summed E-state index contributed by atoms with van der Waals surface area (Å²) < 4.78 is 0. The largest absolute Gasteiger partial charge is 0.473 e. The van der Waals surface area contributed by atoms with Crippen molar-refractivity contribution < 1.29 is 19.8 Å². The van der Waals surface area contributed by atoms with Gasteiger partial charge >= 0.3 is 11.9 Å². The van der Waals surface area contributed by atoms with Crippen molar-refractivity contribution >= 4 is 29.3 Å². The number of carbonyl (C=O) groups is 2. The average molecular weight is 277 g/mol. The average Bonchev–Trinajstić information content (AvgIpc) is 2.30. The highest BCUT2D eigenvalue weighted by Crippen LogP contribution is 1.98. The molecule has 1 aliphatic heterocycles. The Morgan fingerprint density at radius 1 is 1.17 bits per heavy atom. The quantitative estimate of drug-likeness (QED) is 0.427. The first-order chi connectivity index (χ1) is 8.38. The number of piperazine rings is 1. The Labute approximate surface area is 111 Å². The van der Waals surface area contributed by atoms with E-state index in [0.29, 0.717) is 0 Å². The van der Waals surface area contributed by atoms with Gasteiger partial charge in [0.15, 0.2) is 5.11 Å². The third-order valence-corrected chi connectivity index (χ3v) is 2.70. The smallest absolute Gasteiger partial charge is 0.414 e. The molecule has 1 heterocycles. The molecule has 0 radical (unpaired) electrons.